The highest BCUT2D eigenvalue weighted by Gasteiger charge is 2.07. The molecule has 1 rings (SSSR count). The maximum absolute atomic E-state index is 11.6. The first-order valence-corrected chi connectivity index (χ1v) is 7.17. The van der Waals surface area contributed by atoms with Crippen molar-refractivity contribution in [1.82, 2.24) is 10.6 Å². The quantitative estimate of drug-likeness (QED) is 0.763. The number of hydrogen-bond acceptors (Lipinski definition) is 3. The SMILES string of the molecule is COc1cccc(CCNC(=O)CNC(=O)CC(C)C)c1. The number of hydrogen-bond donors (Lipinski definition) is 2. The summed E-state index contributed by atoms with van der Waals surface area (Å²) in [5, 5.41) is 5.39. The number of carbonyl (C=O) groups excluding carboxylic acids is 2. The number of amides is 2. The Kier molecular flexibility index (Phi) is 7.29. The number of methoxy groups -OCH3 is 1. The van der Waals surface area contributed by atoms with Gasteiger partial charge in [-0.2, -0.15) is 0 Å². The highest BCUT2D eigenvalue weighted by Crippen LogP contribution is 2.12. The molecule has 0 fully saturated rings. The van der Waals surface area contributed by atoms with Crippen molar-refractivity contribution in [2.75, 3.05) is 20.2 Å². The predicted octanol–water partition coefficient (Wildman–Crippen LogP) is 1.52. The van der Waals surface area contributed by atoms with E-state index < -0.39 is 0 Å². The summed E-state index contributed by atoms with van der Waals surface area (Å²) in [6, 6.07) is 7.73. The molecule has 0 aliphatic carbocycles. The molecule has 0 bridgehead atoms. The van der Waals surface area contributed by atoms with Gasteiger partial charge in [0.05, 0.1) is 13.7 Å². The van der Waals surface area contributed by atoms with Crippen LogP contribution in [-0.2, 0) is 16.0 Å². The molecule has 0 saturated carbocycles. The molecular formula is C16H24N2O3. The van der Waals surface area contributed by atoms with Crippen LogP contribution < -0.4 is 15.4 Å². The van der Waals surface area contributed by atoms with Crippen LogP contribution in [0, 0.1) is 5.92 Å². The monoisotopic (exact) mass is 292 g/mol. The van der Waals surface area contributed by atoms with Crippen LogP contribution in [0.2, 0.25) is 0 Å². The molecule has 0 aromatic heterocycles. The summed E-state index contributed by atoms with van der Waals surface area (Å²) in [5.41, 5.74) is 1.10. The number of nitrogens with one attached hydrogen (secondary N) is 2. The van der Waals surface area contributed by atoms with Gasteiger partial charge in [-0.05, 0) is 30.0 Å². The van der Waals surface area contributed by atoms with Gasteiger partial charge < -0.3 is 15.4 Å². The van der Waals surface area contributed by atoms with Crippen LogP contribution in [0.4, 0.5) is 0 Å². The number of carbonyl (C=O) groups is 2. The van der Waals surface area contributed by atoms with Crippen LogP contribution in [0.5, 0.6) is 5.75 Å². The zero-order valence-electron chi connectivity index (χ0n) is 12.9. The van der Waals surface area contributed by atoms with E-state index in [2.05, 4.69) is 10.6 Å². The maximum atomic E-state index is 11.6. The van der Waals surface area contributed by atoms with Crippen LogP contribution in [0.3, 0.4) is 0 Å². The first kappa shape index (κ1) is 17.0. The average Bonchev–Trinajstić information content (AvgIpc) is 2.44. The van der Waals surface area contributed by atoms with E-state index >= 15 is 0 Å². The lowest BCUT2D eigenvalue weighted by molar-refractivity contribution is -0.126. The summed E-state index contributed by atoms with van der Waals surface area (Å²) in [6.07, 6.45) is 1.17. The number of benzene rings is 1. The molecule has 1 aromatic rings. The van der Waals surface area contributed by atoms with Crippen LogP contribution in [0.15, 0.2) is 24.3 Å². The molecule has 2 amide bonds. The molecule has 0 spiro atoms. The molecule has 0 heterocycles. The molecule has 5 nitrogen and oxygen atoms in total. The van der Waals surface area contributed by atoms with Crippen LogP contribution in [0.1, 0.15) is 25.8 Å². The molecule has 2 N–H and O–H groups in total. The van der Waals surface area contributed by atoms with Crippen molar-refractivity contribution in [3.8, 4) is 5.75 Å². The first-order chi connectivity index (χ1) is 10.0. The standard InChI is InChI=1S/C16H24N2O3/c1-12(2)9-15(19)18-11-16(20)17-8-7-13-5-4-6-14(10-13)21-3/h4-6,10,12H,7-9,11H2,1-3H3,(H,17,20)(H,18,19). The molecule has 116 valence electrons. The lowest BCUT2D eigenvalue weighted by Gasteiger charge is -2.08. The fourth-order valence-electron chi connectivity index (χ4n) is 1.86. The molecule has 5 heteroatoms. The van der Waals surface area contributed by atoms with Gasteiger partial charge in [-0.15, -0.1) is 0 Å². The van der Waals surface area contributed by atoms with Gasteiger partial charge in [0.1, 0.15) is 5.75 Å². The fourth-order valence-corrected chi connectivity index (χ4v) is 1.86. The topological polar surface area (TPSA) is 67.4 Å². The van der Waals surface area contributed by atoms with E-state index in [-0.39, 0.29) is 18.4 Å². The van der Waals surface area contributed by atoms with E-state index in [0.717, 1.165) is 17.7 Å². The Morgan fingerprint density at radius 2 is 1.95 bits per heavy atom. The minimum absolute atomic E-state index is 0.0314. The minimum atomic E-state index is -0.171. The second-order valence-corrected chi connectivity index (χ2v) is 5.33. The summed E-state index contributed by atoms with van der Waals surface area (Å²) in [4.78, 5) is 23.0. The van der Waals surface area contributed by atoms with Crippen molar-refractivity contribution in [3.63, 3.8) is 0 Å². The molecule has 0 atom stereocenters. The molecule has 21 heavy (non-hydrogen) atoms. The third-order valence-electron chi connectivity index (χ3n) is 2.91. The van der Waals surface area contributed by atoms with Gasteiger partial charge in [0.15, 0.2) is 0 Å². The van der Waals surface area contributed by atoms with Crippen molar-refractivity contribution in [3.05, 3.63) is 29.8 Å². The highest BCUT2D eigenvalue weighted by molar-refractivity contribution is 5.84. The molecule has 1 aromatic carbocycles. The van der Waals surface area contributed by atoms with Crippen molar-refractivity contribution < 1.29 is 14.3 Å². The molecule has 0 radical (unpaired) electrons. The normalized spacial score (nSPS) is 10.3. The predicted molar refractivity (Wildman–Crippen MR) is 82.2 cm³/mol. The van der Waals surface area contributed by atoms with E-state index in [1.54, 1.807) is 7.11 Å². The largest absolute Gasteiger partial charge is 0.497 e. The third kappa shape index (κ3) is 7.34. The molecule has 0 unspecified atom stereocenters. The molecular weight excluding hydrogens is 268 g/mol. The average molecular weight is 292 g/mol. The van der Waals surface area contributed by atoms with E-state index in [9.17, 15) is 9.59 Å². The zero-order chi connectivity index (χ0) is 15.7. The Bertz CT molecular complexity index is 472. The van der Waals surface area contributed by atoms with Gasteiger partial charge in [-0.25, -0.2) is 0 Å². The van der Waals surface area contributed by atoms with E-state index in [4.69, 9.17) is 4.74 Å². The summed E-state index contributed by atoms with van der Waals surface area (Å²) < 4.78 is 5.14. The van der Waals surface area contributed by atoms with Gasteiger partial charge in [0, 0.05) is 13.0 Å². The second-order valence-electron chi connectivity index (χ2n) is 5.33. The lowest BCUT2D eigenvalue weighted by atomic mass is 10.1. The van der Waals surface area contributed by atoms with E-state index in [1.165, 1.54) is 0 Å². The zero-order valence-corrected chi connectivity index (χ0v) is 12.9. The third-order valence-corrected chi connectivity index (χ3v) is 2.91. The van der Waals surface area contributed by atoms with Gasteiger partial charge in [0.25, 0.3) is 0 Å². The van der Waals surface area contributed by atoms with Crippen LogP contribution in [-0.4, -0.2) is 32.0 Å². The van der Waals surface area contributed by atoms with Crippen molar-refractivity contribution in [2.24, 2.45) is 5.92 Å². The highest BCUT2D eigenvalue weighted by atomic mass is 16.5. The number of rotatable bonds is 8. The summed E-state index contributed by atoms with van der Waals surface area (Å²) in [6.45, 7) is 4.50. The van der Waals surface area contributed by atoms with Gasteiger partial charge in [0.2, 0.25) is 11.8 Å². The van der Waals surface area contributed by atoms with E-state index in [1.807, 2.05) is 38.1 Å². The van der Waals surface area contributed by atoms with Gasteiger partial charge >= 0.3 is 0 Å². The lowest BCUT2D eigenvalue weighted by Crippen LogP contribution is -2.38. The Labute approximate surface area is 126 Å². The molecule has 0 saturated heterocycles. The minimum Gasteiger partial charge on any atom is -0.497 e. The Morgan fingerprint density at radius 3 is 2.62 bits per heavy atom. The second kappa shape index (κ2) is 9.00. The Morgan fingerprint density at radius 1 is 1.19 bits per heavy atom. The van der Waals surface area contributed by atoms with E-state index in [0.29, 0.717) is 18.9 Å². The van der Waals surface area contributed by atoms with Crippen LogP contribution >= 0.6 is 0 Å². The number of ether oxygens (including phenoxy) is 1. The smallest absolute Gasteiger partial charge is 0.239 e. The molecule has 0 aliphatic heterocycles. The van der Waals surface area contributed by atoms with Crippen molar-refractivity contribution >= 4 is 11.8 Å². The fraction of sp³-hybridized carbons (Fsp3) is 0.500. The summed E-state index contributed by atoms with van der Waals surface area (Å²) in [7, 11) is 1.63. The summed E-state index contributed by atoms with van der Waals surface area (Å²) in [5.74, 6) is 0.837. The molecule has 0 aliphatic rings. The van der Waals surface area contributed by atoms with Crippen LogP contribution in [0.25, 0.3) is 0 Å². The van der Waals surface area contributed by atoms with Crippen molar-refractivity contribution in [1.29, 1.82) is 0 Å². The summed E-state index contributed by atoms with van der Waals surface area (Å²) >= 11 is 0. The first-order valence-electron chi connectivity index (χ1n) is 7.17. The van der Waals surface area contributed by atoms with Gasteiger partial charge in [-0.1, -0.05) is 26.0 Å². The van der Waals surface area contributed by atoms with Crippen molar-refractivity contribution in [2.45, 2.75) is 26.7 Å². The Hall–Kier alpha value is -2.04. The van der Waals surface area contributed by atoms with Gasteiger partial charge in [-0.3, -0.25) is 9.59 Å². The Balaban J connectivity index is 2.22. The maximum Gasteiger partial charge on any atom is 0.239 e.